The first kappa shape index (κ1) is 12.5. The van der Waals surface area contributed by atoms with E-state index in [1.54, 1.807) is 6.92 Å². The zero-order valence-electron chi connectivity index (χ0n) is 8.70. The van der Waals surface area contributed by atoms with Gasteiger partial charge in [0.15, 0.2) is 0 Å². The number of hydrogen-bond acceptors (Lipinski definition) is 2. The van der Waals surface area contributed by atoms with Crippen molar-refractivity contribution in [3.05, 3.63) is 34.6 Å². The molecule has 0 saturated heterocycles. The van der Waals surface area contributed by atoms with E-state index in [1.165, 1.54) is 17.0 Å². The number of carbonyl (C=O) groups is 1. The molecule has 0 N–H and O–H groups in total. The van der Waals surface area contributed by atoms with Crippen LogP contribution in [0.15, 0.2) is 18.2 Å². The van der Waals surface area contributed by atoms with Gasteiger partial charge in [-0.1, -0.05) is 11.6 Å². The van der Waals surface area contributed by atoms with Gasteiger partial charge in [-0.15, -0.1) is 0 Å². The number of rotatable bonds is 3. The molecule has 0 unspecified atom stereocenters. The molecule has 0 aromatic heterocycles. The minimum atomic E-state index is -0.568. The molecule has 0 aliphatic heterocycles. The third kappa shape index (κ3) is 2.71. The van der Waals surface area contributed by atoms with E-state index in [4.69, 9.17) is 16.9 Å². The summed E-state index contributed by atoms with van der Waals surface area (Å²) in [6, 6.07) is 5.64. The van der Waals surface area contributed by atoms with Crippen molar-refractivity contribution in [2.24, 2.45) is 0 Å². The van der Waals surface area contributed by atoms with E-state index >= 15 is 0 Å². The molecule has 1 amide bonds. The second kappa shape index (κ2) is 5.47. The van der Waals surface area contributed by atoms with Crippen LogP contribution in [0.3, 0.4) is 0 Å². The lowest BCUT2D eigenvalue weighted by Crippen LogP contribution is -2.31. The van der Waals surface area contributed by atoms with Gasteiger partial charge in [-0.3, -0.25) is 4.79 Å². The third-order valence-corrected chi connectivity index (χ3v) is 2.39. The van der Waals surface area contributed by atoms with Crippen LogP contribution < -0.4 is 0 Å². The molecule has 84 valence electrons. The number of nitrogens with zero attached hydrogens (tertiary/aromatic N) is 2. The molecule has 0 spiro atoms. The van der Waals surface area contributed by atoms with Gasteiger partial charge in [0, 0.05) is 12.1 Å². The highest BCUT2D eigenvalue weighted by molar-refractivity contribution is 6.31. The van der Waals surface area contributed by atoms with Crippen molar-refractivity contribution in [3.63, 3.8) is 0 Å². The summed E-state index contributed by atoms with van der Waals surface area (Å²) in [7, 11) is 0. The summed E-state index contributed by atoms with van der Waals surface area (Å²) in [6.45, 7) is 2.19. The van der Waals surface area contributed by atoms with E-state index in [-0.39, 0.29) is 23.0 Å². The van der Waals surface area contributed by atoms with Gasteiger partial charge in [0.25, 0.3) is 5.91 Å². The topological polar surface area (TPSA) is 44.1 Å². The average molecular weight is 241 g/mol. The fourth-order valence-corrected chi connectivity index (χ4v) is 1.40. The Morgan fingerprint density at radius 3 is 2.81 bits per heavy atom. The van der Waals surface area contributed by atoms with Gasteiger partial charge in [-0.2, -0.15) is 5.26 Å². The van der Waals surface area contributed by atoms with Crippen LogP contribution in [0.5, 0.6) is 0 Å². The standard InChI is InChI=1S/C11H10ClFN2O/c1-2-15(6-5-14)11(16)8-3-4-10(13)9(12)7-8/h3-4,7H,2,6H2,1H3. The smallest absolute Gasteiger partial charge is 0.254 e. The molecule has 1 aromatic carbocycles. The monoisotopic (exact) mass is 240 g/mol. The Morgan fingerprint density at radius 1 is 1.62 bits per heavy atom. The first-order valence-electron chi connectivity index (χ1n) is 4.71. The van der Waals surface area contributed by atoms with Gasteiger partial charge in [0.05, 0.1) is 11.1 Å². The molecule has 0 radical (unpaired) electrons. The van der Waals surface area contributed by atoms with Crippen LogP contribution in [0.25, 0.3) is 0 Å². The lowest BCUT2D eigenvalue weighted by Gasteiger charge is -2.17. The summed E-state index contributed by atoms with van der Waals surface area (Å²) in [5, 5.41) is 8.43. The molecule has 0 fully saturated rings. The third-order valence-electron chi connectivity index (χ3n) is 2.10. The van der Waals surface area contributed by atoms with E-state index in [1.807, 2.05) is 6.07 Å². The second-order valence-electron chi connectivity index (χ2n) is 3.11. The van der Waals surface area contributed by atoms with Crippen molar-refractivity contribution in [1.82, 2.24) is 4.90 Å². The zero-order chi connectivity index (χ0) is 12.1. The Balaban J connectivity index is 2.95. The van der Waals surface area contributed by atoms with Gasteiger partial charge >= 0.3 is 0 Å². The zero-order valence-corrected chi connectivity index (χ0v) is 9.46. The number of hydrogen-bond donors (Lipinski definition) is 0. The molecule has 0 aliphatic rings. The number of halogens is 2. The Morgan fingerprint density at radius 2 is 2.31 bits per heavy atom. The van der Waals surface area contributed by atoms with Crippen LogP contribution in [-0.2, 0) is 0 Å². The van der Waals surface area contributed by atoms with Gasteiger partial charge in [0.1, 0.15) is 12.4 Å². The molecule has 1 rings (SSSR count). The molecule has 0 saturated carbocycles. The minimum absolute atomic E-state index is 0.00429. The molecule has 0 bridgehead atoms. The maximum atomic E-state index is 12.9. The first-order valence-corrected chi connectivity index (χ1v) is 5.09. The molecular formula is C11H10ClFN2O. The normalized spacial score (nSPS) is 9.62. The quantitative estimate of drug-likeness (QED) is 0.762. The average Bonchev–Trinajstić information content (AvgIpc) is 2.28. The molecular weight excluding hydrogens is 231 g/mol. The second-order valence-corrected chi connectivity index (χ2v) is 3.51. The highest BCUT2D eigenvalue weighted by atomic mass is 35.5. The summed E-state index contributed by atoms with van der Waals surface area (Å²) < 4.78 is 12.9. The first-order chi connectivity index (χ1) is 7.60. The van der Waals surface area contributed by atoms with Crippen LogP contribution in [-0.4, -0.2) is 23.9 Å². The van der Waals surface area contributed by atoms with E-state index in [2.05, 4.69) is 0 Å². The molecule has 0 aliphatic carbocycles. The summed E-state index contributed by atoms with van der Waals surface area (Å²) in [4.78, 5) is 13.2. The lowest BCUT2D eigenvalue weighted by atomic mass is 10.2. The minimum Gasteiger partial charge on any atom is -0.326 e. The lowest BCUT2D eigenvalue weighted by molar-refractivity contribution is 0.0784. The van der Waals surface area contributed by atoms with Crippen LogP contribution >= 0.6 is 11.6 Å². The fourth-order valence-electron chi connectivity index (χ4n) is 1.22. The fraction of sp³-hybridized carbons (Fsp3) is 0.273. The summed E-state index contributed by atoms with van der Waals surface area (Å²) in [6.07, 6.45) is 0. The molecule has 5 heteroatoms. The van der Waals surface area contributed by atoms with E-state index in [9.17, 15) is 9.18 Å². The number of nitriles is 1. The largest absolute Gasteiger partial charge is 0.326 e. The van der Waals surface area contributed by atoms with Gasteiger partial charge < -0.3 is 4.90 Å². The predicted molar refractivity (Wildman–Crippen MR) is 58.6 cm³/mol. The van der Waals surface area contributed by atoms with Gasteiger partial charge in [-0.05, 0) is 25.1 Å². The van der Waals surface area contributed by atoms with Crippen molar-refractivity contribution in [2.75, 3.05) is 13.1 Å². The van der Waals surface area contributed by atoms with Crippen LogP contribution in [0.2, 0.25) is 5.02 Å². The van der Waals surface area contributed by atoms with Crippen molar-refractivity contribution in [2.45, 2.75) is 6.92 Å². The van der Waals surface area contributed by atoms with E-state index in [0.29, 0.717) is 6.54 Å². The Hall–Kier alpha value is -1.60. The van der Waals surface area contributed by atoms with Crippen molar-refractivity contribution in [1.29, 1.82) is 5.26 Å². The van der Waals surface area contributed by atoms with Crippen LogP contribution in [0.1, 0.15) is 17.3 Å². The van der Waals surface area contributed by atoms with Crippen molar-refractivity contribution >= 4 is 17.5 Å². The molecule has 0 atom stereocenters. The van der Waals surface area contributed by atoms with Crippen molar-refractivity contribution < 1.29 is 9.18 Å². The molecule has 16 heavy (non-hydrogen) atoms. The SMILES string of the molecule is CCN(CC#N)C(=O)c1ccc(F)c(Cl)c1. The number of benzene rings is 1. The maximum Gasteiger partial charge on any atom is 0.254 e. The predicted octanol–water partition coefficient (Wildman–Crippen LogP) is 2.46. The Labute approximate surface area is 98.0 Å². The van der Waals surface area contributed by atoms with E-state index in [0.717, 1.165) is 6.07 Å². The molecule has 0 heterocycles. The Bertz CT molecular complexity index is 442. The highest BCUT2D eigenvalue weighted by Gasteiger charge is 2.14. The Kier molecular flexibility index (Phi) is 4.27. The van der Waals surface area contributed by atoms with Crippen LogP contribution in [0.4, 0.5) is 4.39 Å². The van der Waals surface area contributed by atoms with Gasteiger partial charge in [0.2, 0.25) is 0 Å². The van der Waals surface area contributed by atoms with E-state index < -0.39 is 5.82 Å². The number of amides is 1. The summed E-state index contributed by atoms with van der Waals surface area (Å²) in [5.74, 6) is -0.896. The highest BCUT2D eigenvalue weighted by Crippen LogP contribution is 2.17. The summed E-state index contributed by atoms with van der Waals surface area (Å²) >= 11 is 5.57. The van der Waals surface area contributed by atoms with Gasteiger partial charge in [-0.25, -0.2) is 4.39 Å². The summed E-state index contributed by atoms with van der Waals surface area (Å²) in [5.41, 5.74) is 0.281. The van der Waals surface area contributed by atoms with Crippen molar-refractivity contribution in [3.8, 4) is 6.07 Å². The maximum absolute atomic E-state index is 12.9. The number of carbonyl (C=O) groups excluding carboxylic acids is 1. The molecule has 1 aromatic rings. The molecule has 3 nitrogen and oxygen atoms in total. The van der Waals surface area contributed by atoms with Crippen LogP contribution in [0, 0.1) is 17.1 Å².